The minimum atomic E-state index is -0.640. The maximum atomic E-state index is 12.5. The van der Waals surface area contributed by atoms with E-state index < -0.39 is 12.0 Å². The Morgan fingerprint density at radius 2 is 2.08 bits per heavy atom. The highest BCUT2D eigenvalue weighted by Gasteiger charge is 2.54. The lowest BCUT2D eigenvalue weighted by Crippen LogP contribution is -2.70. The third-order valence-corrected chi connectivity index (χ3v) is 5.93. The monoisotopic (exact) mass is 410 g/mol. The topological polar surface area (TPSA) is 75.7 Å². The number of hydrogen-bond acceptors (Lipinski definition) is 5. The van der Waals surface area contributed by atoms with Crippen LogP contribution in [0.2, 0.25) is 0 Å². The van der Waals surface area contributed by atoms with Gasteiger partial charge >= 0.3 is 5.97 Å². The van der Waals surface area contributed by atoms with Gasteiger partial charge in [0.1, 0.15) is 17.1 Å². The molecule has 1 saturated heterocycles. The summed E-state index contributed by atoms with van der Waals surface area (Å²) in [5.41, 5.74) is 1.59. The SMILES string of the molecule is COC(=O)C1=C(CBr)CS[C@H]2[C@H](NC(=O)c3ccccc3)C(=O)N12. The van der Waals surface area contributed by atoms with Crippen LogP contribution in [0.4, 0.5) is 0 Å². The van der Waals surface area contributed by atoms with Crippen molar-refractivity contribution < 1.29 is 19.1 Å². The minimum Gasteiger partial charge on any atom is -0.464 e. The summed E-state index contributed by atoms with van der Waals surface area (Å²) in [5.74, 6) is -0.530. The highest BCUT2D eigenvalue weighted by molar-refractivity contribution is 9.09. The first-order valence-corrected chi connectivity index (χ1v) is 9.42. The number of thioether (sulfide) groups is 1. The van der Waals surface area contributed by atoms with E-state index in [1.54, 1.807) is 24.3 Å². The van der Waals surface area contributed by atoms with Crippen molar-refractivity contribution in [3.63, 3.8) is 0 Å². The van der Waals surface area contributed by atoms with Gasteiger partial charge in [-0.05, 0) is 17.7 Å². The maximum absolute atomic E-state index is 12.5. The van der Waals surface area contributed by atoms with Gasteiger partial charge in [0.25, 0.3) is 11.8 Å². The number of carbonyl (C=O) groups excluding carboxylic acids is 3. The van der Waals surface area contributed by atoms with Gasteiger partial charge < -0.3 is 10.1 Å². The number of nitrogens with one attached hydrogen (secondary N) is 1. The van der Waals surface area contributed by atoms with E-state index in [2.05, 4.69) is 21.2 Å². The lowest BCUT2D eigenvalue weighted by atomic mass is 10.0. The molecule has 0 radical (unpaired) electrons. The lowest BCUT2D eigenvalue weighted by Gasteiger charge is -2.49. The molecule has 2 aliphatic heterocycles. The molecule has 1 N–H and O–H groups in total. The van der Waals surface area contributed by atoms with Gasteiger partial charge in [-0.15, -0.1) is 11.8 Å². The number of β-lactam (4-membered cyclic amide) rings is 1. The molecule has 24 heavy (non-hydrogen) atoms. The smallest absolute Gasteiger partial charge is 0.354 e. The number of ether oxygens (including phenoxy) is 1. The van der Waals surface area contributed by atoms with Crippen molar-refractivity contribution >= 4 is 45.5 Å². The van der Waals surface area contributed by atoms with Crippen LogP contribution in [0.5, 0.6) is 0 Å². The van der Waals surface area contributed by atoms with E-state index in [0.717, 1.165) is 5.57 Å². The van der Waals surface area contributed by atoms with Gasteiger partial charge in [-0.3, -0.25) is 14.5 Å². The standard InChI is InChI=1S/C16H15BrN2O4S/c1-23-16(22)12-10(7-17)8-24-15-11(14(21)19(12)15)18-13(20)9-5-3-2-4-6-9/h2-6,11,15H,7-8H2,1H3,(H,18,20)/t11-,15+/m1/s1. The molecule has 2 aliphatic rings. The lowest BCUT2D eigenvalue weighted by molar-refractivity contribution is -0.150. The quantitative estimate of drug-likeness (QED) is 0.462. The number of fused-ring (bicyclic) bond motifs is 1. The molecule has 6 nitrogen and oxygen atoms in total. The Kier molecular flexibility index (Phi) is 4.96. The first-order valence-electron chi connectivity index (χ1n) is 7.25. The van der Waals surface area contributed by atoms with E-state index in [4.69, 9.17) is 4.74 Å². The third-order valence-electron chi connectivity index (χ3n) is 3.91. The number of carbonyl (C=O) groups is 3. The number of alkyl halides is 1. The van der Waals surface area contributed by atoms with Gasteiger partial charge in [-0.2, -0.15) is 0 Å². The number of benzene rings is 1. The molecule has 3 rings (SSSR count). The summed E-state index contributed by atoms with van der Waals surface area (Å²) >= 11 is 4.86. The van der Waals surface area contributed by atoms with E-state index in [-0.39, 0.29) is 22.9 Å². The molecule has 2 atom stereocenters. The zero-order valence-corrected chi connectivity index (χ0v) is 15.2. The predicted octanol–water partition coefficient (Wildman–Crippen LogP) is 1.52. The third kappa shape index (κ3) is 2.84. The Balaban J connectivity index is 1.78. The van der Waals surface area contributed by atoms with Crippen LogP contribution in [0, 0.1) is 0 Å². The molecule has 0 aliphatic carbocycles. The van der Waals surface area contributed by atoms with Crippen LogP contribution in [0.15, 0.2) is 41.6 Å². The molecule has 1 aromatic carbocycles. The number of rotatable bonds is 4. The Hall–Kier alpha value is -1.80. The Bertz CT molecular complexity index is 722. The number of halogens is 1. The average Bonchev–Trinajstić information content (AvgIpc) is 2.64. The van der Waals surface area contributed by atoms with Crippen LogP contribution >= 0.6 is 27.7 Å². The number of amides is 2. The van der Waals surface area contributed by atoms with Crippen molar-refractivity contribution in [3.8, 4) is 0 Å². The fourth-order valence-electron chi connectivity index (χ4n) is 2.69. The van der Waals surface area contributed by atoms with Crippen LogP contribution < -0.4 is 5.32 Å². The largest absolute Gasteiger partial charge is 0.464 e. The van der Waals surface area contributed by atoms with Crippen LogP contribution in [-0.2, 0) is 14.3 Å². The van der Waals surface area contributed by atoms with E-state index >= 15 is 0 Å². The fraction of sp³-hybridized carbons (Fsp3) is 0.312. The maximum Gasteiger partial charge on any atom is 0.354 e. The van der Waals surface area contributed by atoms with Crippen molar-refractivity contribution in [2.75, 3.05) is 18.2 Å². The summed E-state index contributed by atoms with van der Waals surface area (Å²) in [6, 6.07) is 8.08. The first kappa shape index (κ1) is 17.0. The van der Waals surface area contributed by atoms with Gasteiger partial charge in [-0.25, -0.2) is 4.79 Å². The molecule has 2 amide bonds. The first-order chi connectivity index (χ1) is 11.6. The Morgan fingerprint density at radius 3 is 2.71 bits per heavy atom. The second-order valence-corrected chi connectivity index (χ2v) is 6.97. The minimum absolute atomic E-state index is 0.285. The number of nitrogens with zero attached hydrogens (tertiary/aromatic N) is 1. The van der Waals surface area contributed by atoms with E-state index in [1.807, 2.05) is 6.07 Å². The number of hydrogen-bond donors (Lipinski definition) is 1. The summed E-state index contributed by atoms with van der Waals surface area (Å²) < 4.78 is 4.80. The van der Waals surface area contributed by atoms with Gasteiger partial charge in [0.2, 0.25) is 0 Å². The summed E-state index contributed by atoms with van der Waals surface area (Å²) in [7, 11) is 1.29. The normalized spacial score (nSPS) is 22.6. The highest BCUT2D eigenvalue weighted by Crippen LogP contribution is 2.41. The molecule has 2 heterocycles. The molecule has 0 saturated carbocycles. The fourth-order valence-corrected chi connectivity index (χ4v) is 4.76. The molecule has 8 heteroatoms. The molecule has 1 aromatic rings. The highest BCUT2D eigenvalue weighted by atomic mass is 79.9. The second-order valence-electron chi connectivity index (χ2n) is 5.30. The Labute approximate surface area is 151 Å². The molecule has 126 valence electrons. The summed E-state index contributed by atoms with van der Waals surface area (Å²) in [5, 5.41) is 2.95. The van der Waals surface area contributed by atoms with Gasteiger partial charge in [0, 0.05) is 16.6 Å². The molecule has 1 fully saturated rings. The van der Waals surface area contributed by atoms with Gasteiger partial charge in [0.05, 0.1) is 7.11 Å². The molecule has 0 aromatic heterocycles. The summed E-state index contributed by atoms with van der Waals surface area (Å²) in [4.78, 5) is 38.2. The summed E-state index contributed by atoms with van der Waals surface area (Å²) in [6.45, 7) is 0. The van der Waals surface area contributed by atoms with E-state index in [1.165, 1.54) is 23.8 Å². The number of methoxy groups -OCH3 is 1. The number of esters is 1. The predicted molar refractivity (Wildman–Crippen MR) is 93.6 cm³/mol. The molecule has 0 spiro atoms. The van der Waals surface area contributed by atoms with Gasteiger partial charge in [0.15, 0.2) is 0 Å². The van der Waals surface area contributed by atoms with Crippen LogP contribution in [0.3, 0.4) is 0 Å². The van der Waals surface area contributed by atoms with Crippen molar-refractivity contribution in [1.82, 2.24) is 10.2 Å². The van der Waals surface area contributed by atoms with Crippen molar-refractivity contribution in [3.05, 3.63) is 47.2 Å². The van der Waals surface area contributed by atoms with Crippen LogP contribution in [0.25, 0.3) is 0 Å². The van der Waals surface area contributed by atoms with Crippen molar-refractivity contribution in [1.29, 1.82) is 0 Å². The zero-order chi connectivity index (χ0) is 17.3. The molecule has 0 unspecified atom stereocenters. The van der Waals surface area contributed by atoms with Crippen molar-refractivity contribution in [2.45, 2.75) is 11.4 Å². The van der Waals surface area contributed by atoms with Crippen LogP contribution in [-0.4, -0.2) is 52.3 Å². The van der Waals surface area contributed by atoms with E-state index in [9.17, 15) is 14.4 Å². The van der Waals surface area contributed by atoms with Crippen LogP contribution in [0.1, 0.15) is 10.4 Å². The second kappa shape index (κ2) is 6.98. The molecule has 0 bridgehead atoms. The Morgan fingerprint density at radius 1 is 1.38 bits per heavy atom. The molecular formula is C16H15BrN2O4S. The van der Waals surface area contributed by atoms with Gasteiger partial charge in [-0.1, -0.05) is 34.1 Å². The molecular weight excluding hydrogens is 396 g/mol. The van der Waals surface area contributed by atoms with E-state index in [0.29, 0.717) is 16.6 Å². The zero-order valence-electron chi connectivity index (χ0n) is 12.8. The average molecular weight is 411 g/mol. The summed E-state index contributed by atoms with van der Waals surface area (Å²) in [6.07, 6.45) is 0. The van der Waals surface area contributed by atoms with Crippen molar-refractivity contribution in [2.24, 2.45) is 0 Å².